The standard InChI is InChI=1S/C14H17N3O/c1-8-5-9(2)13(15-6-8)14-16-7-12(11(4)18)10(3)17-14/h5-7,11,18H,1-4H3/t11-/m1/s1. The average Bonchev–Trinajstić information content (AvgIpc) is 2.28. The number of nitrogens with zero attached hydrogens (tertiary/aromatic N) is 3. The highest BCUT2D eigenvalue weighted by atomic mass is 16.3. The Morgan fingerprint density at radius 1 is 1.11 bits per heavy atom. The van der Waals surface area contributed by atoms with Crippen LogP contribution in [0.2, 0.25) is 0 Å². The Morgan fingerprint density at radius 3 is 2.39 bits per heavy atom. The van der Waals surface area contributed by atoms with E-state index < -0.39 is 6.10 Å². The van der Waals surface area contributed by atoms with Crippen molar-refractivity contribution in [2.24, 2.45) is 0 Å². The summed E-state index contributed by atoms with van der Waals surface area (Å²) < 4.78 is 0. The summed E-state index contributed by atoms with van der Waals surface area (Å²) in [5.74, 6) is 0.606. The normalized spacial score (nSPS) is 12.5. The van der Waals surface area contributed by atoms with Crippen LogP contribution in [0.25, 0.3) is 11.5 Å². The average molecular weight is 243 g/mol. The molecule has 0 bridgehead atoms. The molecule has 0 aliphatic carbocycles. The van der Waals surface area contributed by atoms with Crippen LogP contribution in [0.3, 0.4) is 0 Å². The van der Waals surface area contributed by atoms with Gasteiger partial charge in [0, 0.05) is 23.7 Å². The minimum atomic E-state index is -0.550. The van der Waals surface area contributed by atoms with Gasteiger partial charge in [-0.2, -0.15) is 0 Å². The molecule has 0 spiro atoms. The molecule has 4 heteroatoms. The molecule has 4 nitrogen and oxygen atoms in total. The predicted octanol–water partition coefficient (Wildman–Crippen LogP) is 2.52. The Kier molecular flexibility index (Phi) is 3.39. The molecule has 0 radical (unpaired) electrons. The van der Waals surface area contributed by atoms with Gasteiger partial charge in [-0.05, 0) is 38.8 Å². The van der Waals surface area contributed by atoms with Crippen LogP contribution in [-0.2, 0) is 0 Å². The maximum atomic E-state index is 9.56. The molecule has 94 valence electrons. The van der Waals surface area contributed by atoms with Crippen molar-refractivity contribution in [1.29, 1.82) is 0 Å². The number of pyridine rings is 1. The number of rotatable bonds is 2. The second-order valence-electron chi connectivity index (χ2n) is 4.59. The first kappa shape index (κ1) is 12.6. The fourth-order valence-corrected chi connectivity index (χ4v) is 1.95. The molecule has 0 unspecified atom stereocenters. The highest BCUT2D eigenvalue weighted by molar-refractivity contribution is 5.55. The van der Waals surface area contributed by atoms with Gasteiger partial charge in [0.1, 0.15) is 5.69 Å². The zero-order valence-electron chi connectivity index (χ0n) is 11.1. The van der Waals surface area contributed by atoms with E-state index in [-0.39, 0.29) is 0 Å². The summed E-state index contributed by atoms with van der Waals surface area (Å²) in [7, 11) is 0. The molecule has 2 aromatic rings. The van der Waals surface area contributed by atoms with Crippen LogP contribution >= 0.6 is 0 Å². The Labute approximate surface area is 107 Å². The van der Waals surface area contributed by atoms with Crippen LogP contribution in [0.15, 0.2) is 18.5 Å². The van der Waals surface area contributed by atoms with Gasteiger partial charge in [0.05, 0.1) is 6.10 Å². The minimum absolute atomic E-state index is 0.550. The van der Waals surface area contributed by atoms with Crippen molar-refractivity contribution in [3.63, 3.8) is 0 Å². The summed E-state index contributed by atoms with van der Waals surface area (Å²) in [5, 5.41) is 9.56. The lowest BCUT2D eigenvalue weighted by Crippen LogP contribution is -2.03. The third kappa shape index (κ3) is 2.38. The number of hydrogen-bond donors (Lipinski definition) is 1. The Balaban J connectivity index is 2.49. The Bertz CT molecular complexity index is 579. The molecule has 0 amide bonds. The second kappa shape index (κ2) is 4.82. The van der Waals surface area contributed by atoms with Crippen LogP contribution in [-0.4, -0.2) is 20.1 Å². The number of hydrogen-bond acceptors (Lipinski definition) is 4. The van der Waals surface area contributed by atoms with Gasteiger partial charge in [0.25, 0.3) is 0 Å². The molecule has 0 saturated carbocycles. The van der Waals surface area contributed by atoms with Crippen molar-refractivity contribution in [2.75, 3.05) is 0 Å². The first-order valence-electron chi connectivity index (χ1n) is 5.94. The van der Waals surface area contributed by atoms with Crippen LogP contribution < -0.4 is 0 Å². The van der Waals surface area contributed by atoms with Crippen molar-refractivity contribution in [1.82, 2.24) is 15.0 Å². The first-order valence-corrected chi connectivity index (χ1v) is 5.94. The summed E-state index contributed by atoms with van der Waals surface area (Å²) in [6.45, 7) is 7.58. The smallest absolute Gasteiger partial charge is 0.178 e. The van der Waals surface area contributed by atoms with Crippen LogP contribution in [0.5, 0.6) is 0 Å². The van der Waals surface area contributed by atoms with Crippen molar-refractivity contribution in [3.05, 3.63) is 40.8 Å². The zero-order chi connectivity index (χ0) is 13.3. The van der Waals surface area contributed by atoms with Gasteiger partial charge in [-0.25, -0.2) is 9.97 Å². The fraction of sp³-hybridized carbons (Fsp3) is 0.357. The molecule has 0 aliphatic rings. The van der Waals surface area contributed by atoms with E-state index >= 15 is 0 Å². The number of aromatic nitrogens is 3. The molecule has 2 aromatic heterocycles. The highest BCUT2D eigenvalue weighted by Crippen LogP contribution is 2.21. The third-order valence-electron chi connectivity index (χ3n) is 2.89. The summed E-state index contributed by atoms with van der Waals surface area (Å²) >= 11 is 0. The number of aryl methyl sites for hydroxylation is 3. The molecule has 2 heterocycles. The van der Waals surface area contributed by atoms with Crippen LogP contribution in [0.1, 0.15) is 35.4 Å². The van der Waals surface area contributed by atoms with Crippen LogP contribution in [0.4, 0.5) is 0 Å². The molecular weight excluding hydrogens is 226 g/mol. The van der Waals surface area contributed by atoms with E-state index in [0.717, 1.165) is 28.1 Å². The van der Waals surface area contributed by atoms with Crippen molar-refractivity contribution >= 4 is 0 Å². The van der Waals surface area contributed by atoms with E-state index in [1.807, 2.05) is 27.0 Å². The largest absolute Gasteiger partial charge is 0.389 e. The highest BCUT2D eigenvalue weighted by Gasteiger charge is 2.11. The van der Waals surface area contributed by atoms with E-state index in [2.05, 4.69) is 21.0 Å². The van der Waals surface area contributed by atoms with Crippen molar-refractivity contribution in [2.45, 2.75) is 33.8 Å². The van der Waals surface area contributed by atoms with Crippen molar-refractivity contribution in [3.8, 4) is 11.5 Å². The van der Waals surface area contributed by atoms with Gasteiger partial charge in [-0.1, -0.05) is 6.07 Å². The van der Waals surface area contributed by atoms with E-state index in [4.69, 9.17) is 0 Å². The molecular formula is C14H17N3O. The Hall–Kier alpha value is -1.81. The molecule has 2 rings (SSSR count). The van der Waals surface area contributed by atoms with Gasteiger partial charge in [-0.3, -0.25) is 4.98 Å². The van der Waals surface area contributed by atoms with Gasteiger partial charge in [0.2, 0.25) is 0 Å². The topological polar surface area (TPSA) is 58.9 Å². The molecule has 0 fully saturated rings. The zero-order valence-corrected chi connectivity index (χ0v) is 11.1. The third-order valence-corrected chi connectivity index (χ3v) is 2.89. The quantitative estimate of drug-likeness (QED) is 0.880. The summed E-state index contributed by atoms with van der Waals surface area (Å²) in [6, 6.07) is 2.06. The van der Waals surface area contributed by atoms with Gasteiger partial charge >= 0.3 is 0 Å². The molecule has 0 aliphatic heterocycles. The maximum absolute atomic E-state index is 9.56. The van der Waals surface area contributed by atoms with Gasteiger partial charge < -0.3 is 5.11 Å². The van der Waals surface area contributed by atoms with Crippen LogP contribution in [0, 0.1) is 20.8 Å². The number of aliphatic hydroxyl groups is 1. The monoisotopic (exact) mass is 243 g/mol. The lowest BCUT2D eigenvalue weighted by atomic mass is 10.1. The van der Waals surface area contributed by atoms with Crippen molar-refractivity contribution < 1.29 is 5.11 Å². The fourth-order valence-electron chi connectivity index (χ4n) is 1.95. The number of aliphatic hydroxyl groups excluding tert-OH is 1. The molecule has 18 heavy (non-hydrogen) atoms. The summed E-state index contributed by atoms with van der Waals surface area (Å²) in [5.41, 5.74) is 4.51. The molecule has 0 aromatic carbocycles. The van der Waals surface area contributed by atoms with Gasteiger partial charge in [-0.15, -0.1) is 0 Å². The van der Waals surface area contributed by atoms with E-state index in [1.54, 1.807) is 13.1 Å². The maximum Gasteiger partial charge on any atom is 0.178 e. The van der Waals surface area contributed by atoms with E-state index in [0.29, 0.717) is 5.82 Å². The van der Waals surface area contributed by atoms with Gasteiger partial charge in [0.15, 0.2) is 5.82 Å². The second-order valence-corrected chi connectivity index (χ2v) is 4.59. The SMILES string of the molecule is Cc1cnc(-c2ncc([C@@H](C)O)c(C)n2)c(C)c1. The molecule has 1 atom stereocenters. The van der Waals surface area contributed by atoms with E-state index in [9.17, 15) is 5.11 Å². The summed E-state index contributed by atoms with van der Waals surface area (Å²) in [6.07, 6.45) is 2.93. The Morgan fingerprint density at radius 2 is 1.83 bits per heavy atom. The first-order chi connectivity index (χ1) is 8.49. The molecule has 0 saturated heterocycles. The summed E-state index contributed by atoms with van der Waals surface area (Å²) in [4.78, 5) is 13.1. The minimum Gasteiger partial charge on any atom is -0.389 e. The predicted molar refractivity (Wildman–Crippen MR) is 70.1 cm³/mol. The van der Waals surface area contributed by atoms with E-state index in [1.165, 1.54) is 0 Å². The molecule has 1 N–H and O–H groups in total. The lowest BCUT2D eigenvalue weighted by molar-refractivity contribution is 0.197. The lowest BCUT2D eigenvalue weighted by Gasteiger charge is -2.10.